The molecule has 6 nitrogen and oxygen atoms in total. The van der Waals surface area contributed by atoms with Crippen molar-refractivity contribution < 1.29 is 0 Å². The number of tetrazole rings is 1. The molecule has 6 heteroatoms. The van der Waals surface area contributed by atoms with Crippen molar-refractivity contribution in [1.29, 1.82) is 0 Å². The van der Waals surface area contributed by atoms with Crippen molar-refractivity contribution in [2.24, 2.45) is 7.05 Å². The highest BCUT2D eigenvalue weighted by molar-refractivity contribution is 4.83. The summed E-state index contributed by atoms with van der Waals surface area (Å²) in [6, 6.07) is 0.607. The molecule has 0 amide bonds. The molecule has 1 unspecified atom stereocenters. The molecule has 1 aliphatic rings. The fourth-order valence-corrected chi connectivity index (χ4v) is 1.90. The van der Waals surface area contributed by atoms with E-state index in [4.69, 9.17) is 0 Å². The van der Waals surface area contributed by atoms with E-state index in [0.29, 0.717) is 6.04 Å². The van der Waals surface area contributed by atoms with Gasteiger partial charge in [0.15, 0.2) is 5.82 Å². The van der Waals surface area contributed by atoms with Gasteiger partial charge in [-0.15, -0.1) is 10.2 Å². The van der Waals surface area contributed by atoms with Crippen LogP contribution in [0.2, 0.25) is 0 Å². The molecule has 0 spiro atoms. The Bertz CT molecular complexity index is 309. The molecule has 2 heterocycles. The van der Waals surface area contributed by atoms with Crippen LogP contribution in [0, 0.1) is 0 Å². The van der Waals surface area contributed by atoms with Gasteiger partial charge in [-0.2, -0.15) is 4.80 Å². The number of hydrogen-bond acceptors (Lipinski definition) is 5. The van der Waals surface area contributed by atoms with Crippen LogP contribution < -0.4 is 5.32 Å². The number of nitrogens with one attached hydrogen (secondary N) is 1. The van der Waals surface area contributed by atoms with Gasteiger partial charge in [0.05, 0.1) is 13.6 Å². The lowest BCUT2D eigenvalue weighted by Gasteiger charge is -2.32. The molecule has 0 saturated carbocycles. The third-order valence-corrected chi connectivity index (χ3v) is 2.75. The van der Waals surface area contributed by atoms with E-state index < -0.39 is 0 Å². The summed E-state index contributed by atoms with van der Waals surface area (Å²) in [5.74, 6) is 0.814. The summed E-state index contributed by atoms with van der Waals surface area (Å²) in [6.45, 7) is 6.22. The predicted molar refractivity (Wildman–Crippen MR) is 56.2 cm³/mol. The smallest absolute Gasteiger partial charge is 0.188 e. The summed E-state index contributed by atoms with van der Waals surface area (Å²) in [4.78, 5) is 3.89. The van der Waals surface area contributed by atoms with E-state index in [2.05, 4.69) is 32.6 Å². The number of hydrogen-bond donors (Lipinski definition) is 1. The van der Waals surface area contributed by atoms with Crippen LogP contribution in [0.25, 0.3) is 0 Å². The van der Waals surface area contributed by atoms with E-state index in [1.54, 1.807) is 7.05 Å². The molecule has 84 valence electrons. The van der Waals surface area contributed by atoms with Crippen molar-refractivity contribution in [2.45, 2.75) is 25.9 Å². The molecule has 2 rings (SSSR count). The molecular weight excluding hydrogens is 192 g/mol. The first-order valence-corrected chi connectivity index (χ1v) is 5.46. The van der Waals surface area contributed by atoms with Gasteiger partial charge in [0.25, 0.3) is 0 Å². The van der Waals surface area contributed by atoms with Crippen LogP contribution in [0.4, 0.5) is 0 Å². The Morgan fingerprint density at radius 2 is 2.40 bits per heavy atom. The normalized spacial score (nSPS) is 23.2. The number of nitrogens with zero attached hydrogens (tertiary/aromatic N) is 5. The van der Waals surface area contributed by atoms with Crippen LogP contribution >= 0.6 is 0 Å². The van der Waals surface area contributed by atoms with E-state index in [9.17, 15) is 0 Å². The minimum absolute atomic E-state index is 0.607. The minimum atomic E-state index is 0.607. The van der Waals surface area contributed by atoms with Gasteiger partial charge in [-0.05, 0) is 11.6 Å². The summed E-state index contributed by atoms with van der Waals surface area (Å²) >= 11 is 0. The summed E-state index contributed by atoms with van der Waals surface area (Å²) in [5.41, 5.74) is 0. The molecule has 0 bridgehead atoms. The van der Waals surface area contributed by atoms with Crippen molar-refractivity contribution in [1.82, 2.24) is 30.4 Å². The fourth-order valence-electron chi connectivity index (χ4n) is 1.90. The van der Waals surface area contributed by atoms with Crippen molar-refractivity contribution in [3.63, 3.8) is 0 Å². The van der Waals surface area contributed by atoms with Gasteiger partial charge in [-0.25, -0.2) is 0 Å². The molecule has 1 atom stereocenters. The summed E-state index contributed by atoms with van der Waals surface area (Å²) in [6.07, 6.45) is 1.17. The van der Waals surface area contributed by atoms with Gasteiger partial charge >= 0.3 is 0 Å². The SMILES string of the molecule is CCC1CN(Cc2nnn(C)n2)CCN1. The lowest BCUT2D eigenvalue weighted by Crippen LogP contribution is -2.49. The van der Waals surface area contributed by atoms with Crippen LogP contribution in [-0.4, -0.2) is 50.8 Å². The molecule has 1 saturated heterocycles. The van der Waals surface area contributed by atoms with Gasteiger partial charge in [-0.1, -0.05) is 6.92 Å². The second-order valence-electron chi connectivity index (χ2n) is 3.99. The van der Waals surface area contributed by atoms with Crippen molar-refractivity contribution >= 4 is 0 Å². The van der Waals surface area contributed by atoms with Gasteiger partial charge < -0.3 is 5.32 Å². The number of aromatic nitrogens is 4. The van der Waals surface area contributed by atoms with Crippen LogP contribution in [0.5, 0.6) is 0 Å². The Hall–Kier alpha value is -1.01. The first-order chi connectivity index (χ1) is 7.28. The van der Waals surface area contributed by atoms with Crippen molar-refractivity contribution in [2.75, 3.05) is 19.6 Å². The number of piperazine rings is 1. The predicted octanol–water partition coefficient (Wildman–Crippen LogP) is -0.606. The lowest BCUT2D eigenvalue weighted by molar-refractivity contribution is 0.186. The number of aryl methyl sites for hydroxylation is 1. The zero-order valence-electron chi connectivity index (χ0n) is 9.35. The van der Waals surface area contributed by atoms with Crippen LogP contribution in [0.3, 0.4) is 0 Å². The largest absolute Gasteiger partial charge is 0.311 e. The average molecular weight is 210 g/mol. The quantitative estimate of drug-likeness (QED) is 0.721. The highest BCUT2D eigenvalue weighted by atomic mass is 15.6. The van der Waals surface area contributed by atoms with E-state index in [1.165, 1.54) is 11.2 Å². The maximum absolute atomic E-state index is 4.19. The van der Waals surface area contributed by atoms with Crippen LogP contribution in [0.1, 0.15) is 19.2 Å². The zero-order valence-corrected chi connectivity index (χ0v) is 9.35. The second kappa shape index (κ2) is 4.67. The molecule has 1 aromatic rings. The van der Waals surface area contributed by atoms with Crippen LogP contribution in [0.15, 0.2) is 0 Å². The van der Waals surface area contributed by atoms with Crippen molar-refractivity contribution in [3.05, 3.63) is 5.82 Å². The second-order valence-corrected chi connectivity index (χ2v) is 3.99. The minimum Gasteiger partial charge on any atom is -0.311 e. The van der Waals surface area contributed by atoms with E-state index in [1.807, 2.05) is 0 Å². The Morgan fingerprint density at radius 3 is 3.07 bits per heavy atom. The molecule has 1 N–H and O–H groups in total. The standard InChI is InChI=1S/C9H18N6/c1-3-8-6-15(5-4-10-8)7-9-11-13-14(2)12-9/h8,10H,3-7H2,1-2H3. The van der Waals surface area contributed by atoms with Gasteiger partial charge in [0.1, 0.15) is 0 Å². The van der Waals surface area contributed by atoms with E-state index in [-0.39, 0.29) is 0 Å². The highest BCUT2D eigenvalue weighted by Crippen LogP contribution is 2.05. The molecular formula is C9H18N6. The molecule has 0 radical (unpaired) electrons. The van der Waals surface area contributed by atoms with E-state index in [0.717, 1.165) is 32.0 Å². The molecule has 0 aromatic carbocycles. The molecule has 1 fully saturated rings. The zero-order chi connectivity index (χ0) is 10.7. The topological polar surface area (TPSA) is 58.9 Å². The Morgan fingerprint density at radius 1 is 1.53 bits per heavy atom. The molecule has 0 aliphatic carbocycles. The summed E-state index contributed by atoms with van der Waals surface area (Å²) in [5, 5.41) is 15.5. The van der Waals surface area contributed by atoms with Crippen LogP contribution in [-0.2, 0) is 13.6 Å². The Kier molecular flexibility index (Phi) is 3.27. The maximum atomic E-state index is 4.19. The maximum Gasteiger partial charge on any atom is 0.188 e. The summed E-state index contributed by atoms with van der Waals surface area (Å²) < 4.78 is 0. The first-order valence-electron chi connectivity index (χ1n) is 5.46. The van der Waals surface area contributed by atoms with Crippen molar-refractivity contribution in [3.8, 4) is 0 Å². The Labute approximate surface area is 89.6 Å². The van der Waals surface area contributed by atoms with Gasteiger partial charge in [0.2, 0.25) is 0 Å². The monoisotopic (exact) mass is 210 g/mol. The lowest BCUT2D eigenvalue weighted by atomic mass is 10.1. The third kappa shape index (κ3) is 2.73. The van der Waals surface area contributed by atoms with Gasteiger partial charge in [-0.3, -0.25) is 4.90 Å². The van der Waals surface area contributed by atoms with E-state index >= 15 is 0 Å². The molecule has 1 aliphatic heterocycles. The third-order valence-electron chi connectivity index (χ3n) is 2.75. The first kappa shape index (κ1) is 10.5. The average Bonchev–Trinajstić information content (AvgIpc) is 2.64. The fraction of sp³-hybridized carbons (Fsp3) is 0.889. The Balaban J connectivity index is 1.88. The van der Waals surface area contributed by atoms with Gasteiger partial charge in [0, 0.05) is 25.7 Å². The summed E-state index contributed by atoms with van der Waals surface area (Å²) in [7, 11) is 1.79. The molecule has 1 aromatic heterocycles. The number of rotatable bonds is 3. The highest BCUT2D eigenvalue weighted by Gasteiger charge is 2.18. The molecule has 15 heavy (non-hydrogen) atoms.